The predicted molar refractivity (Wildman–Crippen MR) is 118 cm³/mol. The van der Waals surface area contributed by atoms with Crippen molar-refractivity contribution in [3.63, 3.8) is 0 Å². The van der Waals surface area contributed by atoms with E-state index in [1.54, 1.807) is 6.07 Å². The smallest absolute Gasteiger partial charge is 0.303 e. The first-order valence-corrected chi connectivity index (χ1v) is 10.5. The number of benzene rings is 1. The van der Waals surface area contributed by atoms with Gasteiger partial charge in [-0.05, 0) is 24.4 Å². The molecule has 186 valence electrons. The van der Waals surface area contributed by atoms with Crippen LogP contribution in [0.25, 0.3) is 0 Å². The lowest BCUT2D eigenvalue weighted by Crippen LogP contribution is -2.66. The highest BCUT2D eigenvalue weighted by molar-refractivity contribution is 7.80. The minimum Gasteiger partial charge on any atom is -0.463 e. The molecule has 1 aromatic rings. The average Bonchev–Trinajstić information content (AvgIpc) is 2.71. The highest BCUT2D eigenvalue weighted by atomic mass is 32.1. The van der Waals surface area contributed by atoms with Crippen molar-refractivity contribution in [1.82, 2.24) is 5.32 Å². The molecule has 1 saturated heterocycles. The van der Waals surface area contributed by atoms with E-state index >= 15 is 0 Å². The van der Waals surface area contributed by atoms with E-state index in [0.29, 0.717) is 0 Å². The zero-order chi connectivity index (χ0) is 25.4. The fourth-order valence-electron chi connectivity index (χ4n) is 3.19. The number of carbonyl (C=O) groups is 4. The summed E-state index contributed by atoms with van der Waals surface area (Å²) < 4.78 is 40.8. The van der Waals surface area contributed by atoms with Crippen LogP contribution in [0.3, 0.4) is 0 Å². The molecule has 1 heterocycles. The van der Waals surface area contributed by atoms with E-state index in [1.807, 2.05) is 0 Å². The summed E-state index contributed by atoms with van der Waals surface area (Å²) in [6, 6.07) is 5.74. The Morgan fingerprint density at radius 3 is 2.03 bits per heavy atom. The predicted octanol–water partition coefficient (Wildman–Crippen LogP) is 1.20. The third kappa shape index (κ3) is 7.92. The van der Waals surface area contributed by atoms with Crippen LogP contribution in [0.4, 0.5) is 10.1 Å². The van der Waals surface area contributed by atoms with E-state index in [4.69, 9.17) is 35.9 Å². The molecule has 11 nitrogen and oxygen atoms in total. The van der Waals surface area contributed by atoms with Crippen LogP contribution in [-0.2, 0) is 42.9 Å². The number of hydrogen-bond acceptors (Lipinski definition) is 10. The molecule has 0 bridgehead atoms. The number of carbonyl (C=O) groups excluding carboxylic acids is 4. The quantitative estimate of drug-likeness (QED) is 0.316. The van der Waals surface area contributed by atoms with Crippen molar-refractivity contribution in [3.05, 3.63) is 30.1 Å². The number of nitrogens with one attached hydrogen (secondary N) is 2. The van der Waals surface area contributed by atoms with Crippen LogP contribution in [0.15, 0.2) is 24.3 Å². The van der Waals surface area contributed by atoms with Crippen molar-refractivity contribution < 1.29 is 47.3 Å². The van der Waals surface area contributed by atoms with Crippen LogP contribution in [0.5, 0.6) is 0 Å². The van der Waals surface area contributed by atoms with Crippen LogP contribution in [0, 0.1) is 5.82 Å². The molecule has 0 spiro atoms. The first kappa shape index (κ1) is 26.9. The molecule has 2 rings (SSSR count). The Balaban J connectivity index is 2.37. The Hall–Kier alpha value is -3.32. The molecule has 1 aliphatic rings. The highest BCUT2D eigenvalue weighted by Crippen LogP contribution is 2.28. The summed E-state index contributed by atoms with van der Waals surface area (Å²) in [5.74, 6) is -3.49. The molecule has 0 amide bonds. The number of thiocarbonyl (C=S) groups is 1. The molecular weight excluding hydrogens is 475 g/mol. The van der Waals surface area contributed by atoms with E-state index in [0.717, 1.165) is 27.7 Å². The van der Waals surface area contributed by atoms with Gasteiger partial charge in [0.15, 0.2) is 29.7 Å². The largest absolute Gasteiger partial charge is 0.463 e. The van der Waals surface area contributed by atoms with E-state index < -0.39 is 60.3 Å². The molecule has 0 unspecified atom stereocenters. The Bertz CT molecular complexity index is 945. The zero-order valence-electron chi connectivity index (χ0n) is 18.9. The maximum absolute atomic E-state index is 14.0. The van der Waals surface area contributed by atoms with Gasteiger partial charge in [0.25, 0.3) is 0 Å². The van der Waals surface area contributed by atoms with Crippen molar-refractivity contribution in [1.29, 1.82) is 0 Å². The molecule has 2 N–H and O–H groups in total. The number of rotatable bonds is 7. The molecule has 1 aliphatic heterocycles. The summed E-state index contributed by atoms with van der Waals surface area (Å²) in [6.45, 7) is 4.12. The summed E-state index contributed by atoms with van der Waals surface area (Å²) >= 11 is 5.23. The molecule has 1 fully saturated rings. The second kappa shape index (κ2) is 12.2. The third-order valence-corrected chi connectivity index (χ3v) is 4.61. The van der Waals surface area contributed by atoms with Crippen LogP contribution in [0.1, 0.15) is 27.7 Å². The summed E-state index contributed by atoms with van der Waals surface area (Å²) in [5.41, 5.74) is 0.0608. The Labute approximate surface area is 200 Å². The van der Waals surface area contributed by atoms with Gasteiger partial charge in [-0.3, -0.25) is 19.2 Å². The van der Waals surface area contributed by atoms with Crippen LogP contribution < -0.4 is 10.6 Å². The van der Waals surface area contributed by atoms with E-state index in [1.165, 1.54) is 18.2 Å². The second-order valence-corrected chi connectivity index (χ2v) is 7.61. The molecule has 0 radical (unpaired) electrons. The van der Waals surface area contributed by atoms with Crippen LogP contribution in [0.2, 0.25) is 0 Å². The summed E-state index contributed by atoms with van der Waals surface area (Å²) in [7, 11) is 0. The normalized spacial score (nSPS) is 23.7. The first-order chi connectivity index (χ1) is 16.0. The lowest BCUT2D eigenvalue weighted by atomic mass is 9.97. The standard InChI is InChI=1S/C21H25FN2O9S/c1-10(25)29-9-16-17(30-11(2)26)18(31-12(3)27)19(32-13(4)28)20(33-16)24-21(34)23-15-8-6-5-7-14(15)22/h5-8,16-20H,9H2,1-4H3,(H2,23,24,34)/t16-,17-,18+,19-,20-/m1/s1. The third-order valence-electron chi connectivity index (χ3n) is 4.39. The fraction of sp³-hybridized carbons (Fsp3) is 0.476. The van der Waals surface area contributed by atoms with Gasteiger partial charge in [0.2, 0.25) is 0 Å². The average molecular weight is 501 g/mol. The second-order valence-electron chi connectivity index (χ2n) is 7.20. The van der Waals surface area contributed by atoms with Crippen molar-refractivity contribution in [2.75, 3.05) is 11.9 Å². The fourth-order valence-corrected chi connectivity index (χ4v) is 3.42. The SMILES string of the molecule is CC(=O)OC[C@H]1O[C@@H](NC(=S)Nc2ccccc2F)[C@H](OC(C)=O)[C@@H](OC(C)=O)[C@@H]1OC(C)=O. The molecule has 13 heteroatoms. The number of esters is 4. The van der Waals surface area contributed by atoms with Crippen molar-refractivity contribution in [2.45, 2.75) is 58.3 Å². The Kier molecular flexibility index (Phi) is 9.69. The number of ether oxygens (including phenoxy) is 5. The van der Waals surface area contributed by atoms with Crippen molar-refractivity contribution >= 4 is 46.9 Å². The van der Waals surface area contributed by atoms with Gasteiger partial charge in [0.1, 0.15) is 18.5 Å². The molecule has 0 aromatic heterocycles. The molecule has 0 aliphatic carbocycles. The molecular formula is C21H25FN2O9S. The summed E-state index contributed by atoms with van der Waals surface area (Å²) in [5, 5.41) is 5.25. The van der Waals surface area contributed by atoms with E-state index in [2.05, 4.69) is 10.6 Å². The lowest BCUT2D eigenvalue weighted by Gasteiger charge is -2.44. The van der Waals surface area contributed by atoms with Gasteiger partial charge in [-0.1, -0.05) is 12.1 Å². The minimum atomic E-state index is -1.35. The van der Waals surface area contributed by atoms with Crippen molar-refractivity contribution in [2.24, 2.45) is 0 Å². The number of halogens is 1. The topological polar surface area (TPSA) is 138 Å². The number of anilines is 1. The summed E-state index contributed by atoms with van der Waals surface area (Å²) in [4.78, 5) is 46.7. The number of para-hydroxylation sites is 1. The molecule has 0 saturated carbocycles. The first-order valence-electron chi connectivity index (χ1n) is 10.1. The molecule has 34 heavy (non-hydrogen) atoms. The van der Waals surface area contributed by atoms with Gasteiger partial charge in [0.05, 0.1) is 5.69 Å². The Morgan fingerprint density at radius 2 is 1.47 bits per heavy atom. The maximum Gasteiger partial charge on any atom is 0.303 e. The molecule has 1 aromatic carbocycles. The van der Waals surface area contributed by atoms with E-state index in [-0.39, 0.29) is 17.4 Å². The van der Waals surface area contributed by atoms with Gasteiger partial charge in [-0.25, -0.2) is 4.39 Å². The van der Waals surface area contributed by atoms with Crippen LogP contribution >= 0.6 is 12.2 Å². The highest BCUT2D eigenvalue weighted by Gasteiger charge is 2.52. The lowest BCUT2D eigenvalue weighted by molar-refractivity contribution is -0.254. The Morgan fingerprint density at radius 1 is 0.912 bits per heavy atom. The van der Waals surface area contributed by atoms with Gasteiger partial charge >= 0.3 is 23.9 Å². The molecule has 5 atom stereocenters. The monoisotopic (exact) mass is 500 g/mol. The van der Waals surface area contributed by atoms with Gasteiger partial charge in [-0.2, -0.15) is 0 Å². The van der Waals surface area contributed by atoms with Gasteiger partial charge in [-0.15, -0.1) is 0 Å². The minimum absolute atomic E-state index is 0.0608. The van der Waals surface area contributed by atoms with Gasteiger partial charge < -0.3 is 34.3 Å². The summed E-state index contributed by atoms with van der Waals surface area (Å²) in [6.07, 6.45) is -6.41. The van der Waals surface area contributed by atoms with Crippen molar-refractivity contribution in [3.8, 4) is 0 Å². The van der Waals surface area contributed by atoms with Crippen LogP contribution in [-0.4, -0.2) is 66.2 Å². The zero-order valence-corrected chi connectivity index (χ0v) is 19.7. The number of hydrogen-bond donors (Lipinski definition) is 2. The van der Waals surface area contributed by atoms with Gasteiger partial charge in [0, 0.05) is 27.7 Å². The maximum atomic E-state index is 14.0. The van der Waals surface area contributed by atoms with E-state index in [9.17, 15) is 23.6 Å².